The average Bonchev–Trinajstić information content (AvgIpc) is 3.02. The standard InChI is InChI=1S/C35H37Cl2N3O4S/c1-3-4-19-38-35(42)33(20-27-14-7-5-8-15-27)39(24-28-16-12-11-13-26(28)2)34(41)25-40(31-22-29(36)21-30(37)23-31)45(43,44)32-17-9-6-10-18-32/h5-18,21-23,33H,3-4,19-20,24-25H2,1-2H3,(H,38,42)/t33-/m0/s1. The van der Waals surface area contributed by atoms with Gasteiger partial charge in [-0.3, -0.25) is 13.9 Å². The minimum Gasteiger partial charge on any atom is -0.354 e. The van der Waals surface area contributed by atoms with Crippen LogP contribution in [-0.4, -0.2) is 44.3 Å². The smallest absolute Gasteiger partial charge is 0.264 e. The van der Waals surface area contributed by atoms with Gasteiger partial charge >= 0.3 is 0 Å². The van der Waals surface area contributed by atoms with E-state index in [0.29, 0.717) is 6.54 Å². The van der Waals surface area contributed by atoms with Crippen LogP contribution in [0.5, 0.6) is 0 Å². The molecule has 0 radical (unpaired) electrons. The fourth-order valence-electron chi connectivity index (χ4n) is 4.96. The second-order valence-electron chi connectivity index (χ2n) is 10.8. The van der Waals surface area contributed by atoms with E-state index in [1.165, 1.54) is 35.2 Å². The van der Waals surface area contributed by atoms with E-state index in [-0.39, 0.29) is 39.5 Å². The molecule has 0 aromatic heterocycles. The lowest BCUT2D eigenvalue weighted by molar-refractivity contribution is -0.140. The molecule has 0 aliphatic carbocycles. The first-order valence-corrected chi connectivity index (χ1v) is 17.0. The Morgan fingerprint density at radius 3 is 2.07 bits per heavy atom. The molecule has 2 amide bonds. The number of rotatable bonds is 14. The summed E-state index contributed by atoms with van der Waals surface area (Å²) in [5.41, 5.74) is 2.78. The van der Waals surface area contributed by atoms with E-state index in [0.717, 1.165) is 33.8 Å². The Hall–Kier alpha value is -3.85. The van der Waals surface area contributed by atoms with Gasteiger partial charge in [0.1, 0.15) is 12.6 Å². The van der Waals surface area contributed by atoms with Crippen molar-refractivity contribution in [2.75, 3.05) is 17.4 Å². The van der Waals surface area contributed by atoms with Gasteiger partial charge in [0.05, 0.1) is 10.6 Å². The number of benzene rings is 4. The third kappa shape index (κ3) is 9.10. The number of halogens is 2. The van der Waals surface area contributed by atoms with Gasteiger partial charge in [-0.25, -0.2) is 8.42 Å². The van der Waals surface area contributed by atoms with Crippen LogP contribution in [0.25, 0.3) is 0 Å². The summed E-state index contributed by atoms with van der Waals surface area (Å²) in [7, 11) is -4.25. The molecule has 7 nitrogen and oxygen atoms in total. The zero-order valence-electron chi connectivity index (χ0n) is 25.3. The summed E-state index contributed by atoms with van der Waals surface area (Å²) in [6.45, 7) is 3.94. The molecule has 0 bridgehead atoms. The molecule has 0 spiro atoms. The van der Waals surface area contributed by atoms with E-state index in [4.69, 9.17) is 23.2 Å². The van der Waals surface area contributed by atoms with E-state index in [1.54, 1.807) is 18.2 Å². The van der Waals surface area contributed by atoms with Gasteiger partial charge in [0, 0.05) is 29.6 Å². The highest BCUT2D eigenvalue weighted by atomic mass is 35.5. The summed E-state index contributed by atoms with van der Waals surface area (Å²) in [4.78, 5) is 29.8. The molecule has 45 heavy (non-hydrogen) atoms. The Morgan fingerprint density at radius 2 is 1.44 bits per heavy atom. The van der Waals surface area contributed by atoms with E-state index in [2.05, 4.69) is 5.32 Å². The van der Waals surface area contributed by atoms with Crippen molar-refractivity contribution in [2.45, 2.75) is 50.6 Å². The molecular formula is C35H37Cl2N3O4S. The van der Waals surface area contributed by atoms with Crippen LogP contribution in [0, 0.1) is 6.92 Å². The zero-order valence-corrected chi connectivity index (χ0v) is 27.7. The number of amides is 2. The quantitative estimate of drug-likeness (QED) is 0.146. The third-order valence-electron chi connectivity index (χ3n) is 7.45. The molecule has 10 heteroatoms. The lowest BCUT2D eigenvalue weighted by Gasteiger charge is -2.34. The average molecular weight is 667 g/mol. The number of nitrogens with one attached hydrogen (secondary N) is 1. The second kappa shape index (κ2) is 15.9. The Morgan fingerprint density at radius 1 is 0.844 bits per heavy atom. The van der Waals surface area contributed by atoms with Gasteiger partial charge in [0.15, 0.2) is 0 Å². The van der Waals surface area contributed by atoms with Gasteiger partial charge < -0.3 is 10.2 Å². The number of nitrogens with zero attached hydrogens (tertiary/aromatic N) is 2. The van der Waals surface area contributed by atoms with Crippen LogP contribution < -0.4 is 9.62 Å². The molecule has 236 valence electrons. The number of hydrogen-bond acceptors (Lipinski definition) is 4. The highest BCUT2D eigenvalue weighted by Crippen LogP contribution is 2.30. The molecule has 0 saturated heterocycles. The Kier molecular flexibility index (Phi) is 12.0. The third-order valence-corrected chi connectivity index (χ3v) is 9.67. The van der Waals surface area contributed by atoms with Crippen molar-refractivity contribution in [1.82, 2.24) is 10.2 Å². The monoisotopic (exact) mass is 665 g/mol. The normalized spacial score (nSPS) is 11.9. The maximum absolute atomic E-state index is 14.5. The summed E-state index contributed by atoms with van der Waals surface area (Å²) >= 11 is 12.6. The summed E-state index contributed by atoms with van der Waals surface area (Å²) in [6, 6.07) is 28.4. The Labute approximate surface area is 275 Å². The lowest BCUT2D eigenvalue weighted by atomic mass is 10.0. The molecular weight excluding hydrogens is 629 g/mol. The Bertz CT molecular complexity index is 1680. The number of sulfonamides is 1. The second-order valence-corrected chi connectivity index (χ2v) is 13.5. The molecule has 0 heterocycles. The van der Waals surface area contributed by atoms with Crippen molar-refractivity contribution in [2.24, 2.45) is 0 Å². The number of aryl methyl sites for hydroxylation is 1. The highest BCUT2D eigenvalue weighted by Gasteiger charge is 2.35. The highest BCUT2D eigenvalue weighted by molar-refractivity contribution is 7.92. The van der Waals surface area contributed by atoms with Crippen LogP contribution in [0.1, 0.15) is 36.5 Å². The first kappa shape index (κ1) is 34.0. The van der Waals surface area contributed by atoms with Crippen molar-refractivity contribution in [3.63, 3.8) is 0 Å². The van der Waals surface area contributed by atoms with Crippen LogP contribution >= 0.6 is 23.2 Å². The Balaban J connectivity index is 1.81. The topological polar surface area (TPSA) is 86.8 Å². The van der Waals surface area contributed by atoms with Crippen molar-refractivity contribution in [3.05, 3.63) is 130 Å². The van der Waals surface area contributed by atoms with Gasteiger partial charge in [-0.1, -0.05) is 109 Å². The fraction of sp³-hybridized carbons (Fsp3) is 0.257. The molecule has 4 aromatic carbocycles. The van der Waals surface area contributed by atoms with E-state index >= 15 is 0 Å². The van der Waals surface area contributed by atoms with Crippen LogP contribution in [-0.2, 0) is 32.6 Å². The fourth-order valence-corrected chi connectivity index (χ4v) is 6.90. The van der Waals surface area contributed by atoms with E-state index in [1.807, 2.05) is 68.4 Å². The lowest BCUT2D eigenvalue weighted by Crippen LogP contribution is -2.53. The molecule has 0 saturated carbocycles. The van der Waals surface area contributed by atoms with Gasteiger partial charge in [0.25, 0.3) is 10.0 Å². The summed E-state index contributed by atoms with van der Waals surface area (Å²) in [5.74, 6) is -0.863. The molecule has 0 aliphatic rings. The van der Waals surface area contributed by atoms with Crippen molar-refractivity contribution in [3.8, 4) is 0 Å². The van der Waals surface area contributed by atoms with Crippen LogP contribution in [0.2, 0.25) is 10.0 Å². The summed E-state index contributed by atoms with van der Waals surface area (Å²) in [5, 5.41) is 3.43. The van der Waals surface area contributed by atoms with Gasteiger partial charge in [-0.05, 0) is 60.4 Å². The number of anilines is 1. The summed E-state index contributed by atoms with van der Waals surface area (Å²) < 4.78 is 29.2. The van der Waals surface area contributed by atoms with Crippen LogP contribution in [0.3, 0.4) is 0 Å². The molecule has 4 aromatic rings. The minimum absolute atomic E-state index is 0.00232. The molecule has 0 unspecified atom stereocenters. The minimum atomic E-state index is -4.25. The molecule has 1 N–H and O–H groups in total. The van der Waals surface area contributed by atoms with E-state index in [9.17, 15) is 18.0 Å². The largest absolute Gasteiger partial charge is 0.354 e. The zero-order chi connectivity index (χ0) is 32.4. The predicted molar refractivity (Wildman–Crippen MR) is 181 cm³/mol. The van der Waals surface area contributed by atoms with Crippen molar-refractivity contribution < 1.29 is 18.0 Å². The number of carbonyl (C=O) groups is 2. The number of unbranched alkanes of at least 4 members (excludes halogenated alkanes) is 1. The van der Waals surface area contributed by atoms with Crippen LogP contribution in [0.15, 0.2) is 108 Å². The molecule has 4 rings (SSSR count). The van der Waals surface area contributed by atoms with Crippen molar-refractivity contribution >= 4 is 50.7 Å². The van der Waals surface area contributed by atoms with Gasteiger partial charge in [-0.15, -0.1) is 0 Å². The maximum atomic E-state index is 14.5. The molecule has 1 atom stereocenters. The van der Waals surface area contributed by atoms with Gasteiger partial charge in [-0.2, -0.15) is 0 Å². The summed E-state index contributed by atoms with van der Waals surface area (Å²) in [6.07, 6.45) is 1.92. The van der Waals surface area contributed by atoms with Gasteiger partial charge in [0.2, 0.25) is 11.8 Å². The van der Waals surface area contributed by atoms with E-state index < -0.39 is 28.5 Å². The van der Waals surface area contributed by atoms with Crippen molar-refractivity contribution in [1.29, 1.82) is 0 Å². The number of carbonyl (C=O) groups excluding carboxylic acids is 2. The van der Waals surface area contributed by atoms with Crippen LogP contribution in [0.4, 0.5) is 5.69 Å². The first-order valence-electron chi connectivity index (χ1n) is 14.8. The number of hydrogen-bond donors (Lipinski definition) is 1. The maximum Gasteiger partial charge on any atom is 0.264 e. The molecule has 0 fully saturated rings. The SMILES string of the molecule is CCCCNC(=O)[C@H](Cc1ccccc1)N(Cc1ccccc1C)C(=O)CN(c1cc(Cl)cc(Cl)c1)S(=O)(=O)c1ccccc1. The predicted octanol–water partition coefficient (Wildman–Crippen LogP) is 7.05. The first-order chi connectivity index (χ1) is 21.6. The molecule has 0 aliphatic heterocycles.